The van der Waals surface area contributed by atoms with E-state index in [0.717, 1.165) is 29.9 Å². The molecule has 0 aliphatic heterocycles. The molecule has 3 aliphatic rings. The second-order valence-electron chi connectivity index (χ2n) is 9.28. The van der Waals surface area contributed by atoms with Crippen LogP contribution in [0.3, 0.4) is 0 Å². The minimum atomic E-state index is -0.169. The van der Waals surface area contributed by atoms with E-state index in [-0.39, 0.29) is 25.0 Å². The summed E-state index contributed by atoms with van der Waals surface area (Å²) in [6.07, 6.45) is 20.9. The quantitative estimate of drug-likeness (QED) is 0.199. The van der Waals surface area contributed by atoms with Crippen molar-refractivity contribution in [3.8, 4) is 0 Å². The Morgan fingerprint density at radius 2 is 1.48 bits per heavy atom. The van der Waals surface area contributed by atoms with E-state index in [1.165, 1.54) is 81.4 Å². The summed E-state index contributed by atoms with van der Waals surface area (Å²) in [5.41, 5.74) is 4.10. The molecule has 4 heteroatoms. The van der Waals surface area contributed by atoms with E-state index in [0.29, 0.717) is 0 Å². The fraction of sp³-hybridized carbons (Fsp3) is 0.593. The van der Waals surface area contributed by atoms with Gasteiger partial charge in [0.1, 0.15) is 0 Å². The minimum absolute atomic E-state index is 0. The van der Waals surface area contributed by atoms with Gasteiger partial charge >= 0.3 is 17.1 Å². The van der Waals surface area contributed by atoms with Crippen molar-refractivity contribution < 1.29 is 22.2 Å². The molecular weight excluding hydrogens is 441 g/mol. The van der Waals surface area contributed by atoms with Crippen molar-refractivity contribution in [1.82, 2.24) is 4.90 Å². The Hall–Kier alpha value is -0.721. The predicted molar refractivity (Wildman–Crippen MR) is 130 cm³/mol. The first-order valence-corrected chi connectivity index (χ1v) is 13.5. The second-order valence-corrected chi connectivity index (χ2v) is 12.0. The van der Waals surface area contributed by atoms with Crippen LogP contribution in [0, 0.1) is 0 Å². The van der Waals surface area contributed by atoms with Crippen LogP contribution in [0.15, 0.2) is 65.2 Å². The Morgan fingerprint density at radius 1 is 0.935 bits per heavy atom. The molecule has 0 atom stereocenters. The van der Waals surface area contributed by atoms with Crippen LogP contribution >= 0.6 is 7.92 Å². The summed E-state index contributed by atoms with van der Waals surface area (Å²) in [5.74, 6) is 0. The van der Waals surface area contributed by atoms with Crippen molar-refractivity contribution >= 4 is 7.92 Å². The van der Waals surface area contributed by atoms with E-state index in [4.69, 9.17) is 0 Å². The first-order chi connectivity index (χ1) is 14.7. The monoisotopic (exact) mass is 481 g/mol. The van der Waals surface area contributed by atoms with Crippen LogP contribution in [0.5, 0.6) is 0 Å². The van der Waals surface area contributed by atoms with Crippen LogP contribution in [0.1, 0.15) is 70.6 Å². The molecule has 172 valence electrons. The van der Waals surface area contributed by atoms with Gasteiger partial charge in [-0.05, 0) is 74.0 Å². The number of rotatable bonds is 6. The van der Waals surface area contributed by atoms with Crippen molar-refractivity contribution in [2.75, 3.05) is 20.6 Å². The van der Waals surface area contributed by atoms with E-state index >= 15 is 0 Å². The van der Waals surface area contributed by atoms with Crippen molar-refractivity contribution in [2.45, 2.75) is 81.9 Å². The van der Waals surface area contributed by atoms with Gasteiger partial charge in [0.25, 0.3) is 0 Å². The Kier molecular flexibility index (Phi) is 12.4. The molecule has 3 aliphatic carbocycles. The largest absolute Gasteiger partial charge is 2.00 e. The number of allylic oxidation sites excluding steroid dienone is 4. The van der Waals surface area contributed by atoms with E-state index in [1.807, 2.05) is 30.3 Å². The molecule has 2 fully saturated rings. The molecule has 0 bridgehead atoms. The molecule has 0 aromatic heterocycles. The van der Waals surface area contributed by atoms with E-state index in [9.17, 15) is 5.11 Å². The first kappa shape index (κ1) is 26.5. The molecule has 0 heterocycles. The zero-order valence-corrected chi connectivity index (χ0v) is 21.4. The molecule has 1 aromatic carbocycles. The van der Waals surface area contributed by atoms with Gasteiger partial charge in [-0.25, -0.2) is 12.1 Å². The van der Waals surface area contributed by atoms with Crippen molar-refractivity contribution in [2.24, 2.45) is 0 Å². The van der Waals surface area contributed by atoms with Gasteiger partial charge in [0, 0.05) is 6.54 Å². The molecule has 2 saturated carbocycles. The fourth-order valence-electron chi connectivity index (χ4n) is 5.18. The third-order valence-corrected chi connectivity index (χ3v) is 10.3. The first-order valence-electron chi connectivity index (χ1n) is 12.0. The summed E-state index contributed by atoms with van der Waals surface area (Å²) in [4.78, 5) is 2.21. The fourth-order valence-corrected chi connectivity index (χ4v) is 9.12. The van der Waals surface area contributed by atoms with Gasteiger partial charge in [0.2, 0.25) is 0 Å². The maximum atomic E-state index is 12.0. The minimum Gasteiger partial charge on any atom is -0.877 e. The van der Waals surface area contributed by atoms with Gasteiger partial charge in [0.15, 0.2) is 0 Å². The van der Waals surface area contributed by atoms with Gasteiger partial charge in [-0.1, -0.05) is 58.6 Å². The van der Waals surface area contributed by atoms with Gasteiger partial charge in [-0.15, -0.1) is 6.26 Å². The molecule has 0 radical (unpaired) electrons. The molecule has 0 amide bonds. The number of hydrogen-bond donors (Lipinski definition) is 0. The van der Waals surface area contributed by atoms with Crippen LogP contribution < -0.4 is 5.11 Å². The van der Waals surface area contributed by atoms with Gasteiger partial charge in [-0.3, -0.25) is 0 Å². The zero-order valence-electron chi connectivity index (χ0n) is 19.4. The van der Waals surface area contributed by atoms with Gasteiger partial charge in [-0.2, -0.15) is 18.2 Å². The van der Waals surface area contributed by atoms with Crippen molar-refractivity contribution in [3.05, 3.63) is 65.2 Å². The van der Waals surface area contributed by atoms with E-state index in [2.05, 4.69) is 31.1 Å². The Morgan fingerprint density at radius 3 is 1.90 bits per heavy atom. The smallest absolute Gasteiger partial charge is 0.877 e. The molecule has 0 saturated heterocycles. The topological polar surface area (TPSA) is 26.3 Å². The summed E-state index contributed by atoms with van der Waals surface area (Å²) >= 11 is 0. The summed E-state index contributed by atoms with van der Waals surface area (Å²) in [6.45, 7) is 1.02. The molecule has 1 aromatic rings. The van der Waals surface area contributed by atoms with Crippen LogP contribution in [0.2, 0.25) is 0 Å². The van der Waals surface area contributed by atoms with E-state index in [1.54, 1.807) is 0 Å². The maximum Gasteiger partial charge on any atom is 2.00 e. The SMILES string of the molecule is CN(C)CCC1=CC=C(P(C2CCCCC2)C2CCCCC2)C1=C[O-].[Fe+2].c1cc[cH-]c1. The molecule has 0 N–H and O–H groups in total. The van der Waals surface area contributed by atoms with Gasteiger partial charge in [0.05, 0.1) is 0 Å². The normalized spacial score (nSPS) is 21.5. The molecular formula is C27H40FeNOP. The maximum absolute atomic E-state index is 12.0. The summed E-state index contributed by atoms with van der Waals surface area (Å²) in [6, 6.07) is 10.0. The second kappa shape index (κ2) is 14.4. The van der Waals surface area contributed by atoms with Crippen molar-refractivity contribution in [3.63, 3.8) is 0 Å². The molecule has 0 unspecified atom stereocenters. The van der Waals surface area contributed by atoms with Crippen LogP contribution in [-0.4, -0.2) is 36.9 Å². The van der Waals surface area contributed by atoms with Crippen LogP contribution in [-0.2, 0) is 17.1 Å². The zero-order chi connectivity index (χ0) is 21.2. The van der Waals surface area contributed by atoms with Crippen LogP contribution in [0.4, 0.5) is 0 Å². The summed E-state index contributed by atoms with van der Waals surface area (Å²) in [7, 11) is 4.06. The molecule has 2 nitrogen and oxygen atoms in total. The average molecular weight is 481 g/mol. The average Bonchev–Trinajstić information content (AvgIpc) is 3.48. The Labute approximate surface area is 202 Å². The Balaban J connectivity index is 0.000000501. The molecule has 31 heavy (non-hydrogen) atoms. The number of nitrogens with zero attached hydrogens (tertiary/aromatic N) is 1. The predicted octanol–water partition coefficient (Wildman–Crippen LogP) is 6.56. The van der Waals surface area contributed by atoms with Gasteiger partial charge < -0.3 is 10.0 Å². The Bertz CT molecular complexity index is 660. The third-order valence-electron chi connectivity index (χ3n) is 6.78. The third kappa shape index (κ3) is 7.97. The van der Waals surface area contributed by atoms with Crippen LogP contribution in [0.25, 0.3) is 0 Å². The summed E-state index contributed by atoms with van der Waals surface area (Å²) < 4.78 is 0. The van der Waals surface area contributed by atoms with E-state index < -0.39 is 0 Å². The van der Waals surface area contributed by atoms with Crippen molar-refractivity contribution in [1.29, 1.82) is 0 Å². The molecule has 0 spiro atoms. The summed E-state index contributed by atoms with van der Waals surface area (Å²) in [5, 5.41) is 13.5. The standard InChI is InChI=1S/C22H36NOP.C5H5.Fe/c1-23(2)16-15-18-13-14-22(21(18)17-24)25(19-9-5-3-6-10-19)20-11-7-4-8-12-20;1-2-4-5-3-1;/h13-14,17,19-20,24H,3-12,15-16H2,1-2H3;1-5H;/q;-1;+2/p-1. The molecule has 4 rings (SSSR count). The number of hydrogen-bond acceptors (Lipinski definition) is 2.